The van der Waals surface area contributed by atoms with E-state index in [2.05, 4.69) is 4.98 Å². The van der Waals surface area contributed by atoms with Crippen molar-refractivity contribution >= 4 is 0 Å². The third-order valence-corrected chi connectivity index (χ3v) is 0.843. The second kappa shape index (κ2) is 2.35. The molecular weight excluding hydrogens is 121 g/mol. The molecule has 0 aliphatic rings. The highest BCUT2D eigenvalue weighted by Crippen LogP contribution is 1.79. The van der Waals surface area contributed by atoms with E-state index < -0.39 is 11.2 Å². The van der Waals surface area contributed by atoms with Crippen LogP contribution in [0.3, 0.4) is 0 Å². The summed E-state index contributed by atoms with van der Waals surface area (Å²) in [7, 11) is 0. The SMILES string of the molecule is O=c1cccncc1F. The molecule has 9 heavy (non-hydrogen) atoms. The summed E-state index contributed by atoms with van der Waals surface area (Å²) in [6.45, 7) is 0. The summed E-state index contributed by atoms with van der Waals surface area (Å²) >= 11 is 0. The van der Waals surface area contributed by atoms with Crippen LogP contribution in [0.25, 0.3) is 0 Å². The van der Waals surface area contributed by atoms with Gasteiger partial charge < -0.3 is 0 Å². The summed E-state index contributed by atoms with van der Waals surface area (Å²) in [5, 5.41) is 0. The highest BCUT2D eigenvalue weighted by molar-refractivity contribution is 4.95. The Bertz CT molecular complexity index is 261. The van der Waals surface area contributed by atoms with Gasteiger partial charge in [0.05, 0.1) is 6.20 Å². The van der Waals surface area contributed by atoms with Crippen molar-refractivity contribution in [2.45, 2.75) is 0 Å². The maximum atomic E-state index is 12.2. The fourth-order valence-corrected chi connectivity index (χ4v) is 0.432. The van der Waals surface area contributed by atoms with E-state index in [-0.39, 0.29) is 0 Å². The molecule has 1 heterocycles. The molecule has 0 aliphatic heterocycles. The Morgan fingerprint density at radius 3 is 3.11 bits per heavy atom. The van der Waals surface area contributed by atoms with E-state index >= 15 is 0 Å². The van der Waals surface area contributed by atoms with Crippen molar-refractivity contribution in [2.75, 3.05) is 0 Å². The van der Waals surface area contributed by atoms with Crippen LogP contribution < -0.4 is 5.43 Å². The van der Waals surface area contributed by atoms with E-state index in [9.17, 15) is 9.18 Å². The van der Waals surface area contributed by atoms with Crippen molar-refractivity contribution in [1.29, 1.82) is 0 Å². The molecule has 0 aromatic carbocycles. The fourth-order valence-electron chi connectivity index (χ4n) is 0.432. The van der Waals surface area contributed by atoms with Crippen molar-refractivity contribution < 1.29 is 4.39 Å². The van der Waals surface area contributed by atoms with Crippen molar-refractivity contribution in [3.8, 4) is 0 Å². The minimum Gasteiger partial charge on any atom is -0.287 e. The van der Waals surface area contributed by atoms with E-state index in [4.69, 9.17) is 0 Å². The quantitative estimate of drug-likeness (QED) is 0.507. The first-order valence-electron chi connectivity index (χ1n) is 2.40. The zero-order valence-electron chi connectivity index (χ0n) is 4.54. The predicted octanol–water partition coefficient (Wildman–Crippen LogP) is 0.581. The summed E-state index contributed by atoms with van der Waals surface area (Å²) in [5.41, 5.74) is -0.632. The average Bonchev–Trinajstić information content (AvgIpc) is 1.99. The first kappa shape index (κ1) is 5.88. The highest BCUT2D eigenvalue weighted by Gasteiger charge is 1.88. The Labute approximate surface area is 51.0 Å². The van der Waals surface area contributed by atoms with Crippen LogP contribution in [0.2, 0.25) is 0 Å². The number of hydrogen-bond acceptors (Lipinski definition) is 2. The van der Waals surface area contributed by atoms with Crippen LogP contribution in [0.1, 0.15) is 0 Å². The maximum Gasteiger partial charge on any atom is 0.215 e. The molecule has 3 heteroatoms. The minimum atomic E-state index is -0.819. The van der Waals surface area contributed by atoms with E-state index in [0.29, 0.717) is 0 Å². The van der Waals surface area contributed by atoms with Gasteiger partial charge in [-0.15, -0.1) is 0 Å². The van der Waals surface area contributed by atoms with Crippen LogP contribution in [0.4, 0.5) is 4.39 Å². The molecule has 0 unspecified atom stereocenters. The zero-order valence-corrected chi connectivity index (χ0v) is 4.54. The molecule has 1 aromatic rings. The molecule has 0 radical (unpaired) electrons. The second-order valence-corrected chi connectivity index (χ2v) is 1.50. The lowest BCUT2D eigenvalue weighted by atomic mass is 10.5. The van der Waals surface area contributed by atoms with Crippen LogP contribution in [0.5, 0.6) is 0 Å². The molecule has 0 saturated carbocycles. The van der Waals surface area contributed by atoms with Gasteiger partial charge in [0.2, 0.25) is 5.43 Å². The smallest absolute Gasteiger partial charge is 0.215 e. The Kier molecular flexibility index (Phi) is 1.53. The molecule has 0 atom stereocenters. The number of aromatic nitrogens is 1. The van der Waals surface area contributed by atoms with Crippen molar-refractivity contribution in [1.82, 2.24) is 4.98 Å². The third-order valence-electron chi connectivity index (χ3n) is 0.843. The zero-order chi connectivity index (χ0) is 6.69. The van der Waals surface area contributed by atoms with E-state index in [0.717, 1.165) is 12.3 Å². The van der Waals surface area contributed by atoms with Crippen LogP contribution in [-0.2, 0) is 0 Å². The molecule has 0 bridgehead atoms. The standard InChI is InChI=1S/C6H4FNO/c7-5-4-8-3-1-2-6(5)9/h1-4H. The molecule has 0 amide bonds. The molecule has 1 aromatic heterocycles. The van der Waals surface area contributed by atoms with Gasteiger partial charge in [-0.3, -0.25) is 9.78 Å². The molecule has 2 nitrogen and oxygen atoms in total. The third kappa shape index (κ3) is 1.32. The van der Waals surface area contributed by atoms with Gasteiger partial charge in [-0.2, -0.15) is 0 Å². The van der Waals surface area contributed by atoms with Crippen LogP contribution in [-0.4, -0.2) is 4.98 Å². The monoisotopic (exact) mass is 125 g/mol. The first-order valence-corrected chi connectivity index (χ1v) is 2.40. The number of nitrogens with zero attached hydrogens (tertiary/aromatic N) is 1. The van der Waals surface area contributed by atoms with Gasteiger partial charge in [-0.05, 0) is 12.1 Å². The van der Waals surface area contributed by atoms with E-state index in [1.165, 1.54) is 12.3 Å². The van der Waals surface area contributed by atoms with Gasteiger partial charge in [0, 0.05) is 6.20 Å². The van der Waals surface area contributed by atoms with Crippen molar-refractivity contribution in [3.05, 3.63) is 40.6 Å². The van der Waals surface area contributed by atoms with Gasteiger partial charge in [0.15, 0.2) is 5.82 Å². The summed E-state index contributed by atoms with van der Waals surface area (Å²) in [6.07, 6.45) is 2.24. The van der Waals surface area contributed by atoms with Crippen LogP contribution in [0.15, 0.2) is 29.3 Å². The molecule has 0 N–H and O–H groups in total. The average molecular weight is 125 g/mol. The fraction of sp³-hybridized carbons (Fsp3) is 0. The molecule has 1 rings (SSSR count). The Balaban J connectivity index is 3.42. The topological polar surface area (TPSA) is 30.0 Å². The normalized spacial score (nSPS) is 9.00. The Morgan fingerprint density at radius 1 is 1.56 bits per heavy atom. The molecule has 0 spiro atoms. The second-order valence-electron chi connectivity index (χ2n) is 1.50. The molecule has 0 fully saturated rings. The summed E-state index contributed by atoms with van der Waals surface area (Å²) in [5.74, 6) is -0.819. The maximum absolute atomic E-state index is 12.2. The summed E-state index contributed by atoms with van der Waals surface area (Å²) in [4.78, 5) is 13.8. The minimum absolute atomic E-state index is 0.632. The summed E-state index contributed by atoms with van der Waals surface area (Å²) < 4.78 is 12.2. The van der Waals surface area contributed by atoms with Gasteiger partial charge in [0.1, 0.15) is 0 Å². The predicted molar refractivity (Wildman–Crippen MR) is 30.5 cm³/mol. The van der Waals surface area contributed by atoms with Gasteiger partial charge >= 0.3 is 0 Å². The highest BCUT2D eigenvalue weighted by atomic mass is 19.1. The lowest BCUT2D eigenvalue weighted by Crippen LogP contribution is -1.98. The van der Waals surface area contributed by atoms with Gasteiger partial charge in [-0.1, -0.05) is 0 Å². The first-order chi connectivity index (χ1) is 4.30. The largest absolute Gasteiger partial charge is 0.287 e. The van der Waals surface area contributed by atoms with Crippen molar-refractivity contribution in [2.24, 2.45) is 0 Å². The molecule has 46 valence electrons. The lowest BCUT2D eigenvalue weighted by molar-refractivity contribution is 0.614. The molecule has 0 aliphatic carbocycles. The Hall–Kier alpha value is -1.25. The molecular formula is C6H4FNO. The lowest BCUT2D eigenvalue weighted by Gasteiger charge is -1.68. The summed E-state index contributed by atoms with van der Waals surface area (Å²) in [6, 6.07) is 2.52. The Morgan fingerprint density at radius 2 is 2.33 bits per heavy atom. The van der Waals surface area contributed by atoms with Crippen LogP contribution >= 0.6 is 0 Å². The number of halogens is 1. The van der Waals surface area contributed by atoms with Crippen molar-refractivity contribution in [3.63, 3.8) is 0 Å². The van der Waals surface area contributed by atoms with Gasteiger partial charge in [0.25, 0.3) is 0 Å². The van der Waals surface area contributed by atoms with Crippen LogP contribution in [0, 0.1) is 5.82 Å². The number of hydrogen-bond donors (Lipinski definition) is 0. The number of rotatable bonds is 0. The van der Waals surface area contributed by atoms with Gasteiger partial charge in [-0.25, -0.2) is 4.39 Å². The molecule has 0 saturated heterocycles. The van der Waals surface area contributed by atoms with E-state index in [1.54, 1.807) is 0 Å². The van der Waals surface area contributed by atoms with E-state index in [1.807, 2.05) is 0 Å².